The molecule has 0 saturated carbocycles. The summed E-state index contributed by atoms with van der Waals surface area (Å²) in [6.45, 7) is 4.51. The summed E-state index contributed by atoms with van der Waals surface area (Å²) in [4.78, 5) is 15.0. The normalized spacial score (nSPS) is 24.5. The van der Waals surface area contributed by atoms with Crippen molar-refractivity contribution in [3.05, 3.63) is 59.7 Å². The fourth-order valence-corrected chi connectivity index (χ4v) is 5.55. The molecule has 0 aliphatic carbocycles. The van der Waals surface area contributed by atoms with E-state index in [9.17, 15) is 0 Å². The number of hydrogen-bond donors (Lipinski definition) is 0. The highest BCUT2D eigenvalue weighted by Gasteiger charge is 2.35. The third-order valence-electron chi connectivity index (χ3n) is 7.28. The molecular weight excluding hydrogens is 370 g/mol. The molecule has 2 unspecified atom stereocenters. The standard InChI is InChI=1S/C25H33N5/c1-18-8-7-15-26-24(18)22-11-6-12-23(29(22)3)25-27-20-9-4-5-10-21(20)30(25)19-13-16-28(2)17-14-19/h4-5,7-10,15,19,22-23H,6,11-14,16-17H2,1-3H3. The van der Waals surface area contributed by atoms with E-state index >= 15 is 0 Å². The average Bonchev–Trinajstić information content (AvgIpc) is 3.14. The first kappa shape index (κ1) is 19.7. The van der Waals surface area contributed by atoms with Crippen LogP contribution in [0.4, 0.5) is 0 Å². The maximum Gasteiger partial charge on any atom is 0.127 e. The zero-order chi connectivity index (χ0) is 20.7. The van der Waals surface area contributed by atoms with E-state index in [2.05, 4.69) is 65.7 Å². The van der Waals surface area contributed by atoms with Gasteiger partial charge in [0.05, 0.1) is 28.8 Å². The number of nitrogens with zero attached hydrogens (tertiary/aromatic N) is 5. The Morgan fingerprint density at radius 1 is 0.900 bits per heavy atom. The van der Waals surface area contributed by atoms with Crippen LogP contribution in [0.2, 0.25) is 0 Å². The van der Waals surface area contributed by atoms with Crippen molar-refractivity contribution >= 4 is 11.0 Å². The number of aryl methyl sites for hydroxylation is 1. The predicted octanol–water partition coefficient (Wildman–Crippen LogP) is 4.90. The van der Waals surface area contributed by atoms with Gasteiger partial charge >= 0.3 is 0 Å². The van der Waals surface area contributed by atoms with Crippen molar-refractivity contribution in [2.75, 3.05) is 27.2 Å². The molecular formula is C25H33N5. The van der Waals surface area contributed by atoms with Crippen LogP contribution in [0.25, 0.3) is 11.0 Å². The van der Waals surface area contributed by atoms with Crippen LogP contribution in [0.5, 0.6) is 0 Å². The number of imidazole rings is 1. The quantitative estimate of drug-likeness (QED) is 0.623. The van der Waals surface area contributed by atoms with E-state index in [1.165, 1.54) is 48.3 Å². The van der Waals surface area contributed by atoms with Crippen molar-refractivity contribution in [1.29, 1.82) is 0 Å². The van der Waals surface area contributed by atoms with Gasteiger partial charge in [0.15, 0.2) is 0 Å². The number of aromatic nitrogens is 3. The van der Waals surface area contributed by atoms with E-state index in [1.807, 2.05) is 12.3 Å². The minimum Gasteiger partial charge on any atom is -0.323 e. The smallest absolute Gasteiger partial charge is 0.127 e. The number of benzene rings is 1. The molecule has 4 heterocycles. The number of hydrogen-bond acceptors (Lipinski definition) is 4. The second kappa shape index (κ2) is 8.12. The van der Waals surface area contributed by atoms with Gasteiger partial charge in [-0.15, -0.1) is 0 Å². The van der Waals surface area contributed by atoms with Gasteiger partial charge in [0, 0.05) is 12.2 Å². The third kappa shape index (κ3) is 3.44. The molecule has 0 spiro atoms. The van der Waals surface area contributed by atoms with E-state index in [1.54, 1.807) is 0 Å². The molecule has 0 bridgehead atoms. The molecule has 2 aliphatic rings. The van der Waals surface area contributed by atoms with Gasteiger partial charge in [-0.25, -0.2) is 4.98 Å². The summed E-state index contributed by atoms with van der Waals surface area (Å²) >= 11 is 0. The van der Waals surface area contributed by atoms with E-state index < -0.39 is 0 Å². The molecule has 2 saturated heterocycles. The van der Waals surface area contributed by atoms with Crippen LogP contribution in [0.3, 0.4) is 0 Å². The van der Waals surface area contributed by atoms with Crippen LogP contribution >= 0.6 is 0 Å². The van der Waals surface area contributed by atoms with E-state index in [0.29, 0.717) is 18.1 Å². The fourth-order valence-electron chi connectivity index (χ4n) is 5.55. The Morgan fingerprint density at radius 3 is 2.47 bits per heavy atom. The topological polar surface area (TPSA) is 37.2 Å². The van der Waals surface area contributed by atoms with Crippen LogP contribution in [0, 0.1) is 6.92 Å². The van der Waals surface area contributed by atoms with E-state index in [-0.39, 0.29) is 0 Å². The Balaban J connectivity index is 1.55. The van der Waals surface area contributed by atoms with E-state index in [4.69, 9.17) is 9.97 Å². The highest BCUT2D eigenvalue weighted by Crippen LogP contribution is 2.42. The summed E-state index contributed by atoms with van der Waals surface area (Å²) in [6, 6.07) is 14.2. The Kier molecular flexibility index (Phi) is 5.34. The zero-order valence-corrected chi connectivity index (χ0v) is 18.5. The summed E-state index contributed by atoms with van der Waals surface area (Å²) in [6.07, 6.45) is 7.88. The van der Waals surface area contributed by atoms with Crippen LogP contribution in [0.15, 0.2) is 42.6 Å². The molecule has 5 heteroatoms. The summed E-state index contributed by atoms with van der Waals surface area (Å²) in [7, 11) is 4.51. The van der Waals surface area contributed by atoms with Gasteiger partial charge in [-0.3, -0.25) is 9.88 Å². The van der Waals surface area contributed by atoms with Gasteiger partial charge < -0.3 is 9.47 Å². The van der Waals surface area contributed by atoms with Crippen LogP contribution in [-0.2, 0) is 0 Å². The van der Waals surface area contributed by atoms with Gasteiger partial charge in [0.1, 0.15) is 5.82 Å². The van der Waals surface area contributed by atoms with Gasteiger partial charge in [-0.2, -0.15) is 0 Å². The molecule has 2 fully saturated rings. The van der Waals surface area contributed by atoms with Crippen molar-refractivity contribution in [1.82, 2.24) is 24.3 Å². The summed E-state index contributed by atoms with van der Waals surface area (Å²) in [5.41, 5.74) is 4.95. The molecule has 2 aliphatic heterocycles. The van der Waals surface area contributed by atoms with Crippen LogP contribution < -0.4 is 0 Å². The second-order valence-electron chi connectivity index (χ2n) is 9.20. The molecule has 0 N–H and O–H groups in total. The van der Waals surface area contributed by atoms with Crippen molar-refractivity contribution in [3.63, 3.8) is 0 Å². The van der Waals surface area contributed by atoms with Gasteiger partial charge in [0.2, 0.25) is 0 Å². The Labute approximate surface area is 179 Å². The van der Waals surface area contributed by atoms with Crippen molar-refractivity contribution in [3.8, 4) is 0 Å². The van der Waals surface area contributed by atoms with Gasteiger partial charge in [0.25, 0.3) is 0 Å². The largest absolute Gasteiger partial charge is 0.323 e. The molecule has 0 amide bonds. The monoisotopic (exact) mass is 403 g/mol. The molecule has 2 aromatic heterocycles. The molecule has 5 rings (SSSR count). The first-order chi connectivity index (χ1) is 14.6. The lowest BCUT2D eigenvalue weighted by atomic mass is 9.91. The maximum absolute atomic E-state index is 5.22. The Morgan fingerprint density at radius 2 is 1.67 bits per heavy atom. The van der Waals surface area contributed by atoms with Gasteiger partial charge in [-0.05, 0) is 90.0 Å². The number of piperidine rings is 2. The summed E-state index contributed by atoms with van der Waals surface area (Å²) in [5, 5.41) is 0. The zero-order valence-electron chi connectivity index (χ0n) is 18.5. The second-order valence-corrected chi connectivity index (χ2v) is 9.20. The molecule has 3 aromatic rings. The lowest BCUT2D eigenvalue weighted by Gasteiger charge is -2.40. The molecule has 5 nitrogen and oxygen atoms in total. The number of fused-ring (bicyclic) bond motifs is 1. The Bertz CT molecular complexity index is 1020. The highest BCUT2D eigenvalue weighted by atomic mass is 15.2. The SMILES string of the molecule is Cc1cccnc1C1CCCC(c2nc3ccccc3n2C2CCN(C)CC2)N1C. The van der Waals surface area contributed by atoms with Gasteiger partial charge in [-0.1, -0.05) is 18.2 Å². The first-order valence-corrected chi connectivity index (χ1v) is 11.4. The fraction of sp³-hybridized carbons (Fsp3) is 0.520. The summed E-state index contributed by atoms with van der Waals surface area (Å²) in [5.74, 6) is 1.26. The van der Waals surface area contributed by atoms with Crippen LogP contribution in [0.1, 0.15) is 67.3 Å². The third-order valence-corrected chi connectivity index (χ3v) is 7.28. The molecule has 158 valence electrons. The highest BCUT2D eigenvalue weighted by molar-refractivity contribution is 5.76. The predicted molar refractivity (Wildman–Crippen MR) is 122 cm³/mol. The number of para-hydroxylation sites is 2. The maximum atomic E-state index is 5.22. The van der Waals surface area contributed by atoms with Crippen molar-refractivity contribution < 1.29 is 0 Å². The molecule has 0 radical (unpaired) electrons. The molecule has 30 heavy (non-hydrogen) atoms. The number of pyridine rings is 1. The summed E-state index contributed by atoms with van der Waals surface area (Å²) < 4.78 is 2.59. The van der Waals surface area contributed by atoms with Crippen molar-refractivity contribution in [2.45, 2.75) is 57.2 Å². The molecule has 1 aromatic carbocycles. The Hall–Kier alpha value is -2.24. The number of likely N-dealkylation sites (tertiary alicyclic amines) is 2. The van der Waals surface area contributed by atoms with Crippen LogP contribution in [-0.4, -0.2) is 51.5 Å². The minimum absolute atomic E-state index is 0.331. The lowest BCUT2D eigenvalue weighted by Crippen LogP contribution is -2.37. The minimum atomic E-state index is 0.331. The lowest BCUT2D eigenvalue weighted by molar-refractivity contribution is 0.100. The average molecular weight is 404 g/mol. The molecule has 2 atom stereocenters. The first-order valence-electron chi connectivity index (χ1n) is 11.4. The van der Waals surface area contributed by atoms with Crippen molar-refractivity contribution in [2.24, 2.45) is 0 Å². The van der Waals surface area contributed by atoms with E-state index in [0.717, 1.165) is 25.0 Å². The number of rotatable bonds is 3.